The minimum Gasteiger partial charge on any atom is -0.504 e. The van der Waals surface area contributed by atoms with Gasteiger partial charge < -0.3 is 14.6 Å². The van der Waals surface area contributed by atoms with E-state index in [0.717, 1.165) is 44.6 Å². The van der Waals surface area contributed by atoms with E-state index in [2.05, 4.69) is 11.8 Å². The summed E-state index contributed by atoms with van der Waals surface area (Å²) in [6.45, 7) is 5.60. The van der Waals surface area contributed by atoms with Crippen molar-refractivity contribution in [2.45, 2.75) is 32.4 Å². The fraction of sp³-hybridized carbons (Fsp3) is 0.600. The van der Waals surface area contributed by atoms with Gasteiger partial charge in [-0.05, 0) is 25.5 Å². The van der Waals surface area contributed by atoms with E-state index in [1.807, 2.05) is 12.1 Å². The maximum absolute atomic E-state index is 10.1. The van der Waals surface area contributed by atoms with Crippen molar-refractivity contribution in [3.05, 3.63) is 23.8 Å². The largest absolute Gasteiger partial charge is 0.504 e. The second kappa shape index (κ2) is 6.78. The molecule has 1 saturated heterocycles. The number of ether oxygens (including phenoxy) is 2. The van der Waals surface area contributed by atoms with Gasteiger partial charge in [0.05, 0.1) is 13.2 Å². The Balaban J connectivity index is 2.01. The molecule has 1 heterocycles. The quantitative estimate of drug-likeness (QED) is 0.857. The van der Waals surface area contributed by atoms with Crippen LogP contribution in [-0.2, 0) is 11.3 Å². The number of hydrogen-bond donors (Lipinski definition) is 1. The van der Waals surface area contributed by atoms with Crippen molar-refractivity contribution in [3.8, 4) is 11.5 Å². The van der Waals surface area contributed by atoms with E-state index in [9.17, 15) is 5.11 Å². The Morgan fingerprint density at radius 3 is 2.95 bits per heavy atom. The first-order valence-electron chi connectivity index (χ1n) is 6.93. The van der Waals surface area contributed by atoms with Gasteiger partial charge in [-0.2, -0.15) is 0 Å². The van der Waals surface area contributed by atoms with Gasteiger partial charge in [0.1, 0.15) is 0 Å². The lowest BCUT2D eigenvalue weighted by Gasteiger charge is -2.24. The van der Waals surface area contributed by atoms with E-state index in [0.29, 0.717) is 11.9 Å². The van der Waals surface area contributed by atoms with Crippen molar-refractivity contribution in [2.24, 2.45) is 0 Å². The Labute approximate surface area is 114 Å². The molecule has 0 saturated carbocycles. The number of phenolic OH excluding ortho intramolecular Hbond substituents is 1. The maximum Gasteiger partial charge on any atom is 0.162 e. The van der Waals surface area contributed by atoms with Crippen LogP contribution >= 0.6 is 0 Å². The van der Waals surface area contributed by atoms with Crippen LogP contribution in [0.3, 0.4) is 0 Å². The predicted molar refractivity (Wildman–Crippen MR) is 74.6 cm³/mol. The zero-order chi connectivity index (χ0) is 13.7. The minimum atomic E-state index is 0.246. The Bertz CT molecular complexity index is 402. The number of phenols is 1. The molecule has 0 radical (unpaired) electrons. The van der Waals surface area contributed by atoms with E-state index in [-0.39, 0.29) is 5.75 Å². The van der Waals surface area contributed by atoms with Crippen LogP contribution in [0.1, 0.15) is 25.3 Å². The van der Waals surface area contributed by atoms with E-state index < -0.39 is 0 Å². The van der Waals surface area contributed by atoms with Gasteiger partial charge in [0.15, 0.2) is 11.5 Å². The van der Waals surface area contributed by atoms with Crippen LogP contribution in [-0.4, -0.2) is 42.9 Å². The number of rotatable bonds is 6. The third-order valence-corrected chi connectivity index (χ3v) is 3.63. The van der Waals surface area contributed by atoms with Crippen molar-refractivity contribution >= 4 is 0 Å². The molecule has 1 atom stereocenters. The molecule has 0 aliphatic carbocycles. The monoisotopic (exact) mass is 265 g/mol. The Kier molecular flexibility index (Phi) is 5.05. The Hall–Kier alpha value is -1.26. The normalized spacial score (nSPS) is 19.0. The molecule has 0 amide bonds. The standard InChI is InChI=1S/C15H23NO3/c1-3-16(11-13-7-5-9-19-13)10-12-6-4-8-14(18-2)15(12)17/h4,6,8,13,17H,3,5,7,9-11H2,1-2H3/t13-/m1/s1. The van der Waals surface area contributed by atoms with Gasteiger partial charge in [-0.25, -0.2) is 0 Å². The first kappa shape index (κ1) is 14.2. The number of likely N-dealkylation sites (N-methyl/N-ethyl adjacent to an activating group) is 1. The second-order valence-corrected chi connectivity index (χ2v) is 4.93. The van der Waals surface area contributed by atoms with Crippen LogP contribution < -0.4 is 4.74 Å². The van der Waals surface area contributed by atoms with E-state index in [4.69, 9.17) is 9.47 Å². The summed E-state index contributed by atoms with van der Waals surface area (Å²) in [6, 6.07) is 5.62. The molecular formula is C15H23NO3. The van der Waals surface area contributed by atoms with Gasteiger partial charge in [0, 0.05) is 25.3 Å². The van der Waals surface area contributed by atoms with Gasteiger partial charge >= 0.3 is 0 Å². The molecule has 0 unspecified atom stereocenters. The molecule has 0 bridgehead atoms. The zero-order valence-electron chi connectivity index (χ0n) is 11.8. The van der Waals surface area contributed by atoms with Gasteiger partial charge in [-0.3, -0.25) is 4.90 Å². The van der Waals surface area contributed by atoms with E-state index >= 15 is 0 Å². The van der Waals surface area contributed by atoms with Crippen LogP contribution in [0.5, 0.6) is 11.5 Å². The molecule has 1 N–H and O–H groups in total. The minimum absolute atomic E-state index is 0.246. The van der Waals surface area contributed by atoms with Crippen LogP contribution in [0.15, 0.2) is 18.2 Å². The van der Waals surface area contributed by atoms with Gasteiger partial charge in [0.25, 0.3) is 0 Å². The van der Waals surface area contributed by atoms with E-state index in [1.165, 1.54) is 0 Å². The average Bonchev–Trinajstić information content (AvgIpc) is 2.93. The molecule has 1 aromatic rings. The molecular weight excluding hydrogens is 242 g/mol. The molecule has 1 aromatic carbocycles. The molecule has 1 aliphatic heterocycles. The topological polar surface area (TPSA) is 41.9 Å². The molecule has 0 spiro atoms. The van der Waals surface area contributed by atoms with Crippen molar-refractivity contribution in [2.75, 3.05) is 26.8 Å². The summed E-state index contributed by atoms with van der Waals surface area (Å²) in [4.78, 5) is 2.30. The second-order valence-electron chi connectivity index (χ2n) is 4.93. The summed E-state index contributed by atoms with van der Waals surface area (Å²) < 4.78 is 10.8. The van der Waals surface area contributed by atoms with Crippen molar-refractivity contribution in [3.63, 3.8) is 0 Å². The number of nitrogens with zero attached hydrogens (tertiary/aromatic N) is 1. The van der Waals surface area contributed by atoms with Crippen LogP contribution in [0.4, 0.5) is 0 Å². The fourth-order valence-electron chi connectivity index (χ4n) is 2.48. The number of benzene rings is 1. The first-order chi connectivity index (χ1) is 9.24. The van der Waals surface area contributed by atoms with Gasteiger partial charge in [-0.15, -0.1) is 0 Å². The SMILES string of the molecule is CCN(Cc1cccc(OC)c1O)C[C@H]1CCCO1. The highest BCUT2D eigenvalue weighted by Gasteiger charge is 2.19. The zero-order valence-corrected chi connectivity index (χ0v) is 11.8. The molecule has 4 nitrogen and oxygen atoms in total. The maximum atomic E-state index is 10.1. The highest BCUT2D eigenvalue weighted by Crippen LogP contribution is 2.30. The summed E-state index contributed by atoms with van der Waals surface area (Å²) in [5.41, 5.74) is 0.902. The molecule has 19 heavy (non-hydrogen) atoms. The van der Waals surface area contributed by atoms with Crippen molar-refractivity contribution in [1.82, 2.24) is 4.90 Å². The van der Waals surface area contributed by atoms with Crippen LogP contribution in [0.25, 0.3) is 0 Å². The molecule has 106 valence electrons. The van der Waals surface area contributed by atoms with Crippen LogP contribution in [0.2, 0.25) is 0 Å². The van der Waals surface area contributed by atoms with Gasteiger partial charge in [-0.1, -0.05) is 19.1 Å². The average molecular weight is 265 g/mol. The summed E-state index contributed by atoms with van der Waals surface area (Å²) >= 11 is 0. The number of hydrogen-bond acceptors (Lipinski definition) is 4. The number of methoxy groups -OCH3 is 1. The summed E-state index contributed by atoms with van der Waals surface area (Å²) in [6.07, 6.45) is 2.64. The lowest BCUT2D eigenvalue weighted by atomic mass is 10.1. The van der Waals surface area contributed by atoms with Crippen molar-refractivity contribution < 1.29 is 14.6 Å². The molecule has 1 aliphatic rings. The molecule has 1 fully saturated rings. The first-order valence-corrected chi connectivity index (χ1v) is 6.93. The third-order valence-electron chi connectivity index (χ3n) is 3.63. The van der Waals surface area contributed by atoms with Crippen LogP contribution in [0, 0.1) is 0 Å². The molecule has 2 rings (SSSR count). The molecule has 0 aromatic heterocycles. The highest BCUT2D eigenvalue weighted by molar-refractivity contribution is 5.45. The number of aromatic hydroxyl groups is 1. The Morgan fingerprint density at radius 2 is 2.32 bits per heavy atom. The summed E-state index contributed by atoms with van der Waals surface area (Å²) in [7, 11) is 1.57. The highest BCUT2D eigenvalue weighted by atomic mass is 16.5. The van der Waals surface area contributed by atoms with Crippen molar-refractivity contribution in [1.29, 1.82) is 0 Å². The predicted octanol–water partition coefficient (Wildman–Crippen LogP) is 2.40. The lowest BCUT2D eigenvalue weighted by molar-refractivity contribution is 0.0722. The van der Waals surface area contributed by atoms with Gasteiger partial charge in [0.2, 0.25) is 0 Å². The third kappa shape index (κ3) is 3.61. The van der Waals surface area contributed by atoms with E-state index in [1.54, 1.807) is 13.2 Å². The summed E-state index contributed by atoms with van der Waals surface area (Å²) in [5.74, 6) is 0.779. The smallest absolute Gasteiger partial charge is 0.162 e. The molecule has 4 heteroatoms. The fourth-order valence-corrected chi connectivity index (χ4v) is 2.48. The Morgan fingerprint density at radius 1 is 1.47 bits per heavy atom. The number of para-hydroxylation sites is 1. The lowest BCUT2D eigenvalue weighted by Crippen LogP contribution is -2.31. The summed E-state index contributed by atoms with van der Waals surface area (Å²) in [5, 5.41) is 10.1.